The molecule has 0 spiro atoms. The summed E-state index contributed by atoms with van der Waals surface area (Å²) in [5.74, 6) is -0.0902. The minimum absolute atomic E-state index is 0. The third-order valence-corrected chi connectivity index (χ3v) is 5.27. The minimum Gasteiger partial charge on any atom is -0.481 e. The van der Waals surface area contributed by atoms with Crippen LogP contribution in [0.5, 0.6) is 5.75 Å². The minimum atomic E-state index is -0.971. The largest absolute Gasteiger partial charge is 0.481 e. The molecule has 0 saturated carbocycles. The van der Waals surface area contributed by atoms with Gasteiger partial charge in [-0.05, 0) is 12.5 Å². The highest BCUT2D eigenvalue weighted by molar-refractivity contribution is 7.16. The van der Waals surface area contributed by atoms with E-state index < -0.39 is 12.1 Å². The second-order valence-corrected chi connectivity index (χ2v) is 7.52. The Hall–Kier alpha value is -2.16. The number of fused-ring (bicyclic) bond motifs is 1. The number of carboxylic acid groups (broad SMARTS) is 1. The van der Waals surface area contributed by atoms with Crippen LogP contribution in [0.3, 0.4) is 0 Å². The molecule has 7 nitrogen and oxygen atoms in total. The fourth-order valence-electron chi connectivity index (χ4n) is 2.53. The molecule has 29 heavy (non-hydrogen) atoms. The number of benzene rings is 1. The van der Waals surface area contributed by atoms with Gasteiger partial charge < -0.3 is 9.84 Å². The maximum atomic E-state index is 12.2. The van der Waals surface area contributed by atoms with Crippen molar-refractivity contribution in [2.75, 3.05) is 0 Å². The Kier molecular flexibility index (Phi) is 9.07. The Morgan fingerprint density at radius 3 is 2.52 bits per heavy atom. The average molecular weight is 460 g/mol. The monoisotopic (exact) mass is 459 g/mol. The molecule has 0 aliphatic carbocycles. The molecule has 0 bridgehead atoms. The molecule has 2 heterocycles. The van der Waals surface area contributed by atoms with Gasteiger partial charge in [-0.25, -0.2) is 9.97 Å². The van der Waals surface area contributed by atoms with Crippen LogP contribution in [-0.2, 0) is 11.3 Å². The highest BCUT2D eigenvalue weighted by atomic mass is 35.5. The van der Waals surface area contributed by atoms with Crippen molar-refractivity contribution in [3.8, 4) is 5.75 Å². The van der Waals surface area contributed by atoms with Gasteiger partial charge >= 0.3 is 10.8 Å². The standard InChI is InChI=1S/C17H15Cl2N3O4S.2CH4/c1-2-12(16-20-7-9(18)8-21-16)26-13-6-14-11(5-10(13)19)22(17(25)27-14)4-3-15(23)24;;/h5-8,12H,2-4H2,1H3,(H,23,24);2*1H4/t12-;;/m1../s1. The van der Waals surface area contributed by atoms with Crippen LogP contribution in [0.15, 0.2) is 29.3 Å². The number of aromatic nitrogens is 3. The van der Waals surface area contributed by atoms with Crippen LogP contribution in [0.2, 0.25) is 10.0 Å². The average Bonchev–Trinajstić information content (AvgIpc) is 2.93. The van der Waals surface area contributed by atoms with Gasteiger partial charge in [0.2, 0.25) is 0 Å². The smallest absolute Gasteiger partial charge is 0.308 e. The van der Waals surface area contributed by atoms with Gasteiger partial charge in [0.25, 0.3) is 0 Å². The predicted octanol–water partition coefficient (Wildman–Crippen LogP) is 5.44. The summed E-state index contributed by atoms with van der Waals surface area (Å²) in [5.41, 5.74) is 0.583. The van der Waals surface area contributed by atoms with Gasteiger partial charge in [0.15, 0.2) is 11.9 Å². The van der Waals surface area contributed by atoms with Crippen LogP contribution in [-0.4, -0.2) is 25.6 Å². The van der Waals surface area contributed by atoms with E-state index in [2.05, 4.69) is 9.97 Å². The predicted molar refractivity (Wildman–Crippen MR) is 118 cm³/mol. The summed E-state index contributed by atoms with van der Waals surface area (Å²) >= 11 is 13.2. The number of aliphatic carboxylic acids is 1. The summed E-state index contributed by atoms with van der Waals surface area (Å²) in [6, 6.07) is 3.29. The van der Waals surface area contributed by atoms with Crippen molar-refractivity contribution in [3.05, 3.63) is 50.1 Å². The van der Waals surface area contributed by atoms with E-state index in [1.165, 1.54) is 17.0 Å². The molecule has 3 rings (SSSR count). The van der Waals surface area contributed by atoms with Crippen molar-refractivity contribution in [2.45, 2.75) is 47.3 Å². The van der Waals surface area contributed by atoms with E-state index in [1.54, 1.807) is 12.1 Å². The second-order valence-electron chi connectivity index (χ2n) is 5.69. The van der Waals surface area contributed by atoms with Gasteiger partial charge in [-0.2, -0.15) is 0 Å². The third-order valence-electron chi connectivity index (χ3n) is 3.84. The van der Waals surface area contributed by atoms with Gasteiger partial charge in [0, 0.05) is 25.0 Å². The number of aryl methyl sites for hydroxylation is 1. The van der Waals surface area contributed by atoms with E-state index in [9.17, 15) is 9.59 Å². The zero-order chi connectivity index (χ0) is 19.6. The quantitative estimate of drug-likeness (QED) is 0.505. The van der Waals surface area contributed by atoms with Gasteiger partial charge in [0.1, 0.15) is 5.75 Å². The molecular weight excluding hydrogens is 437 g/mol. The lowest BCUT2D eigenvalue weighted by molar-refractivity contribution is -0.137. The number of nitrogens with zero attached hydrogens (tertiary/aromatic N) is 3. The van der Waals surface area contributed by atoms with Crippen LogP contribution in [0.4, 0.5) is 0 Å². The normalized spacial score (nSPS) is 11.4. The number of hydrogen-bond acceptors (Lipinski definition) is 6. The van der Waals surface area contributed by atoms with E-state index >= 15 is 0 Å². The number of hydrogen-bond donors (Lipinski definition) is 1. The van der Waals surface area contributed by atoms with Gasteiger partial charge in [-0.1, -0.05) is 56.3 Å². The Bertz CT molecular complexity index is 1030. The molecule has 0 amide bonds. The first-order valence-electron chi connectivity index (χ1n) is 8.07. The van der Waals surface area contributed by atoms with Crippen LogP contribution >= 0.6 is 34.5 Å². The number of carbonyl (C=O) groups is 1. The third kappa shape index (κ3) is 5.68. The van der Waals surface area contributed by atoms with E-state index in [0.717, 1.165) is 11.3 Å². The summed E-state index contributed by atoms with van der Waals surface area (Å²) < 4.78 is 8.05. The van der Waals surface area contributed by atoms with Crippen molar-refractivity contribution < 1.29 is 14.6 Å². The Morgan fingerprint density at radius 1 is 1.28 bits per heavy atom. The molecule has 158 valence electrons. The molecule has 3 aromatic rings. The molecular formula is C19H23Cl2N3O4S. The summed E-state index contributed by atoms with van der Waals surface area (Å²) in [6.07, 6.45) is 3.02. The summed E-state index contributed by atoms with van der Waals surface area (Å²) in [5, 5.41) is 9.59. The van der Waals surface area contributed by atoms with Crippen molar-refractivity contribution in [1.82, 2.24) is 14.5 Å². The number of ether oxygens (including phenoxy) is 1. The highest BCUT2D eigenvalue weighted by Crippen LogP contribution is 2.34. The lowest BCUT2D eigenvalue weighted by Crippen LogP contribution is -2.15. The number of carboxylic acids is 1. The Balaban J connectivity index is 0.00000210. The molecule has 1 atom stereocenters. The summed E-state index contributed by atoms with van der Waals surface area (Å²) in [6.45, 7) is 2.01. The maximum Gasteiger partial charge on any atom is 0.308 e. The van der Waals surface area contributed by atoms with Gasteiger partial charge in [-0.15, -0.1) is 0 Å². The van der Waals surface area contributed by atoms with Crippen LogP contribution in [0.25, 0.3) is 10.2 Å². The highest BCUT2D eigenvalue weighted by Gasteiger charge is 2.18. The molecule has 0 aliphatic rings. The maximum absolute atomic E-state index is 12.2. The van der Waals surface area contributed by atoms with Crippen LogP contribution in [0, 0.1) is 0 Å². The molecule has 0 radical (unpaired) electrons. The van der Waals surface area contributed by atoms with Crippen molar-refractivity contribution in [1.29, 1.82) is 0 Å². The topological polar surface area (TPSA) is 94.3 Å². The zero-order valence-corrected chi connectivity index (χ0v) is 16.5. The first kappa shape index (κ1) is 24.9. The fraction of sp³-hybridized carbons (Fsp3) is 0.368. The van der Waals surface area contributed by atoms with Gasteiger partial charge in [-0.3, -0.25) is 14.2 Å². The van der Waals surface area contributed by atoms with Crippen molar-refractivity contribution in [2.24, 2.45) is 0 Å². The lowest BCUT2D eigenvalue weighted by atomic mass is 10.2. The number of rotatable bonds is 7. The summed E-state index contributed by atoms with van der Waals surface area (Å²) in [4.78, 5) is 31.1. The molecule has 1 aromatic carbocycles. The second kappa shape index (κ2) is 10.6. The SMILES string of the molecule is C.C.CC[C@@H](Oc1cc2sc(=O)n(CCC(=O)O)c2cc1Cl)c1ncc(Cl)cn1. The molecule has 2 aromatic heterocycles. The lowest BCUT2D eigenvalue weighted by Gasteiger charge is -2.17. The Morgan fingerprint density at radius 2 is 1.93 bits per heavy atom. The van der Waals surface area contributed by atoms with Gasteiger partial charge in [0.05, 0.1) is 26.7 Å². The van der Waals surface area contributed by atoms with E-state index in [-0.39, 0.29) is 32.7 Å². The zero-order valence-electron chi connectivity index (χ0n) is 14.2. The van der Waals surface area contributed by atoms with Crippen molar-refractivity contribution >= 4 is 50.7 Å². The molecule has 0 aliphatic heterocycles. The Labute approximate surface area is 182 Å². The molecule has 0 fully saturated rings. The van der Waals surface area contributed by atoms with E-state index in [0.29, 0.717) is 38.3 Å². The number of halogens is 2. The summed E-state index contributed by atoms with van der Waals surface area (Å²) in [7, 11) is 0. The molecule has 10 heteroatoms. The van der Waals surface area contributed by atoms with E-state index in [1.807, 2.05) is 6.92 Å². The molecule has 1 N–H and O–H groups in total. The van der Waals surface area contributed by atoms with E-state index in [4.69, 9.17) is 33.0 Å². The fourth-order valence-corrected chi connectivity index (χ4v) is 3.76. The van der Waals surface area contributed by atoms with Crippen LogP contribution in [0.1, 0.15) is 46.5 Å². The molecule has 0 saturated heterocycles. The van der Waals surface area contributed by atoms with Crippen molar-refractivity contribution in [3.63, 3.8) is 0 Å². The molecule has 0 unspecified atom stereocenters. The first-order valence-corrected chi connectivity index (χ1v) is 9.65. The van der Waals surface area contributed by atoms with Crippen LogP contribution < -0.4 is 9.61 Å². The number of thiazole rings is 1. The first-order chi connectivity index (χ1) is 12.9.